The van der Waals surface area contributed by atoms with Crippen molar-refractivity contribution in [1.82, 2.24) is 0 Å². The average molecular weight is 365 g/mol. The number of hydrogen-bond donors (Lipinski definition) is 0. The van der Waals surface area contributed by atoms with Crippen LogP contribution in [-0.2, 0) is 4.79 Å². The van der Waals surface area contributed by atoms with Crippen molar-refractivity contribution < 1.29 is 14.5 Å². The molecule has 24 heavy (non-hydrogen) atoms. The summed E-state index contributed by atoms with van der Waals surface area (Å²) in [5.41, 5.74) is 1.07. The van der Waals surface area contributed by atoms with E-state index < -0.39 is 10.3 Å². The maximum absolute atomic E-state index is 12.4. The van der Waals surface area contributed by atoms with Gasteiger partial charge in [0.2, 0.25) is 5.91 Å². The molecule has 0 aliphatic carbocycles. The van der Waals surface area contributed by atoms with Gasteiger partial charge in [0.1, 0.15) is 11.1 Å². The standard InChI is InChI=1S/C16H13ClN2O4S/c1-23-14-7-6-10(8-12(14)17)18-15(20)9-24-16(18)11-4-2-3-5-13(11)19(21)22/h2-8,16H,9H2,1H3/t16-/m0/s1. The molecular formula is C16H13ClN2O4S. The SMILES string of the molecule is COc1ccc(N2C(=O)CS[C@H]2c2ccccc2[N+](=O)[O-])cc1Cl. The molecule has 6 nitrogen and oxygen atoms in total. The first-order chi connectivity index (χ1) is 11.5. The number of methoxy groups -OCH3 is 1. The third-order valence-electron chi connectivity index (χ3n) is 3.68. The molecule has 2 aromatic rings. The van der Waals surface area contributed by atoms with Gasteiger partial charge in [-0.15, -0.1) is 11.8 Å². The number of ether oxygens (including phenoxy) is 1. The van der Waals surface area contributed by atoms with Crippen LogP contribution in [0.3, 0.4) is 0 Å². The molecule has 1 aliphatic rings. The average Bonchev–Trinajstić information content (AvgIpc) is 2.96. The van der Waals surface area contributed by atoms with Gasteiger partial charge < -0.3 is 4.74 Å². The Bertz CT molecular complexity index is 814. The van der Waals surface area contributed by atoms with Crippen LogP contribution in [0.5, 0.6) is 5.75 Å². The highest BCUT2D eigenvalue weighted by Crippen LogP contribution is 2.45. The Labute approximate surface area is 147 Å². The number of nitrogens with zero attached hydrogens (tertiary/aromatic N) is 2. The van der Waals surface area contributed by atoms with Crippen molar-refractivity contribution in [3.63, 3.8) is 0 Å². The summed E-state index contributed by atoms with van der Waals surface area (Å²) in [7, 11) is 1.51. The summed E-state index contributed by atoms with van der Waals surface area (Å²) in [6, 6.07) is 11.5. The van der Waals surface area contributed by atoms with E-state index in [1.165, 1.54) is 24.9 Å². The van der Waals surface area contributed by atoms with E-state index in [4.69, 9.17) is 16.3 Å². The van der Waals surface area contributed by atoms with Gasteiger partial charge in [0.15, 0.2) is 0 Å². The van der Waals surface area contributed by atoms with Crippen molar-refractivity contribution in [2.45, 2.75) is 5.37 Å². The first-order valence-electron chi connectivity index (χ1n) is 7.03. The molecule has 1 atom stereocenters. The number of benzene rings is 2. The number of rotatable bonds is 4. The lowest BCUT2D eigenvalue weighted by Crippen LogP contribution is -2.28. The summed E-state index contributed by atoms with van der Waals surface area (Å²) in [4.78, 5) is 24.8. The number of anilines is 1. The van der Waals surface area contributed by atoms with Gasteiger partial charge in [-0.2, -0.15) is 0 Å². The Morgan fingerprint density at radius 2 is 2.08 bits per heavy atom. The largest absolute Gasteiger partial charge is 0.495 e. The highest BCUT2D eigenvalue weighted by atomic mass is 35.5. The summed E-state index contributed by atoms with van der Waals surface area (Å²) in [6.07, 6.45) is 0. The summed E-state index contributed by atoms with van der Waals surface area (Å²) >= 11 is 7.50. The van der Waals surface area contributed by atoms with Crippen LogP contribution in [0, 0.1) is 10.1 Å². The molecule has 0 spiro atoms. The molecule has 3 rings (SSSR count). The molecule has 1 aliphatic heterocycles. The fraction of sp³-hybridized carbons (Fsp3) is 0.188. The number of para-hydroxylation sites is 1. The summed E-state index contributed by atoms with van der Waals surface area (Å²) in [5, 5.41) is 11.2. The predicted molar refractivity (Wildman–Crippen MR) is 93.8 cm³/mol. The van der Waals surface area contributed by atoms with Gasteiger partial charge in [0, 0.05) is 11.8 Å². The molecule has 8 heteroatoms. The Kier molecular flexibility index (Phi) is 4.64. The quantitative estimate of drug-likeness (QED) is 0.604. The maximum atomic E-state index is 12.4. The van der Waals surface area contributed by atoms with Crippen LogP contribution in [0.15, 0.2) is 42.5 Å². The maximum Gasteiger partial charge on any atom is 0.275 e. The van der Waals surface area contributed by atoms with E-state index in [-0.39, 0.29) is 17.3 Å². The molecule has 0 bridgehead atoms. The normalized spacial score (nSPS) is 17.2. The highest BCUT2D eigenvalue weighted by molar-refractivity contribution is 8.00. The second-order valence-electron chi connectivity index (χ2n) is 5.06. The number of nitro benzene ring substituents is 1. The minimum atomic E-state index is -0.469. The summed E-state index contributed by atoms with van der Waals surface area (Å²) in [5.74, 6) is 0.631. The molecule has 2 aromatic carbocycles. The van der Waals surface area contributed by atoms with E-state index in [0.717, 1.165) is 0 Å². The third kappa shape index (κ3) is 2.92. The van der Waals surface area contributed by atoms with E-state index in [0.29, 0.717) is 22.0 Å². The zero-order chi connectivity index (χ0) is 17.3. The number of hydrogen-bond acceptors (Lipinski definition) is 5. The van der Waals surface area contributed by atoms with Crippen LogP contribution in [0.2, 0.25) is 5.02 Å². The zero-order valence-corrected chi connectivity index (χ0v) is 14.2. The Hall–Kier alpha value is -2.25. The third-order valence-corrected chi connectivity index (χ3v) is 5.17. The van der Waals surface area contributed by atoms with Crippen LogP contribution in [-0.4, -0.2) is 23.7 Å². The van der Waals surface area contributed by atoms with Crippen LogP contribution >= 0.6 is 23.4 Å². The topological polar surface area (TPSA) is 72.7 Å². The molecule has 1 fully saturated rings. The molecular weight excluding hydrogens is 352 g/mol. The number of thioether (sulfide) groups is 1. The van der Waals surface area contributed by atoms with Crippen LogP contribution < -0.4 is 9.64 Å². The van der Waals surface area contributed by atoms with Gasteiger partial charge in [-0.1, -0.05) is 23.7 Å². The fourth-order valence-electron chi connectivity index (χ4n) is 2.60. The molecule has 0 unspecified atom stereocenters. The predicted octanol–water partition coefficient (Wildman–Crippen LogP) is 4.04. The van der Waals surface area contributed by atoms with Crippen LogP contribution in [0.25, 0.3) is 0 Å². The van der Waals surface area contributed by atoms with Gasteiger partial charge in [-0.05, 0) is 24.3 Å². The zero-order valence-electron chi connectivity index (χ0n) is 12.6. The van der Waals surface area contributed by atoms with Crippen molar-refractivity contribution in [1.29, 1.82) is 0 Å². The van der Waals surface area contributed by atoms with Crippen molar-refractivity contribution >= 4 is 40.6 Å². The molecule has 0 aromatic heterocycles. The minimum Gasteiger partial charge on any atom is -0.495 e. The lowest BCUT2D eigenvalue weighted by Gasteiger charge is -2.24. The molecule has 0 radical (unpaired) electrons. The molecule has 0 N–H and O–H groups in total. The first kappa shape index (κ1) is 16.6. The second kappa shape index (κ2) is 6.70. The number of carbonyl (C=O) groups excluding carboxylic acids is 1. The highest BCUT2D eigenvalue weighted by Gasteiger charge is 2.37. The lowest BCUT2D eigenvalue weighted by molar-refractivity contribution is -0.385. The Balaban J connectivity index is 2.05. The second-order valence-corrected chi connectivity index (χ2v) is 6.54. The van der Waals surface area contributed by atoms with Gasteiger partial charge >= 0.3 is 0 Å². The molecule has 1 heterocycles. The Morgan fingerprint density at radius 1 is 1.33 bits per heavy atom. The number of nitro groups is 1. The van der Waals surface area contributed by atoms with Crippen LogP contribution in [0.4, 0.5) is 11.4 Å². The molecule has 1 saturated heterocycles. The van der Waals surface area contributed by atoms with E-state index in [2.05, 4.69) is 0 Å². The van der Waals surface area contributed by atoms with Crippen molar-refractivity contribution in [3.05, 3.63) is 63.2 Å². The number of amides is 1. The van der Waals surface area contributed by atoms with E-state index in [9.17, 15) is 14.9 Å². The Morgan fingerprint density at radius 3 is 2.75 bits per heavy atom. The minimum absolute atomic E-state index is 0.00527. The smallest absolute Gasteiger partial charge is 0.275 e. The van der Waals surface area contributed by atoms with Crippen molar-refractivity contribution in [2.24, 2.45) is 0 Å². The monoisotopic (exact) mass is 364 g/mol. The van der Waals surface area contributed by atoms with Crippen molar-refractivity contribution in [3.8, 4) is 5.75 Å². The van der Waals surface area contributed by atoms with Crippen molar-refractivity contribution in [2.75, 3.05) is 17.8 Å². The lowest BCUT2D eigenvalue weighted by atomic mass is 10.1. The van der Waals surface area contributed by atoms with E-state index in [1.54, 1.807) is 41.3 Å². The molecule has 124 valence electrons. The summed E-state index contributed by atoms with van der Waals surface area (Å²) < 4.78 is 5.12. The molecule has 0 saturated carbocycles. The van der Waals surface area contributed by atoms with Gasteiger partial charge in [-0.3, -0.25) is 19.8 Å². The molecule has 1 amide bonds. The van der Waals surface area contributed by atoms with Gasteiger partial charge in [0.25, 0.3) is 5.69 Å². The van der Waals surface area contributed by atoms with Crippen LogP contribution in [0.1, 0.15) is 10.9 Å². The number of carbonyl (C=O) groups is 1. The first-order valence-corrected chi connectivity index (χ1v) is 8.46. The fourth-order valence-corrected chi connectivity index (χ4v) is 4.06. The van der Waals surface area contributed by atoms with Gasteiger partial charge in [0.05, 0.1) is 28.4 Å². The summed E-state index contributed by atoms with van der Waals surface area (Å²) in [6.45, 7) is 0. The van der Waals surface area contributed by atoms with Gasteiger partial charge in [-0.25, -0.2) is 0 Å². The van der Waals surface area contributed by atoms with E-state index in [1.807, 2.05) is 0 Å². The van der Waals surface area contributed by atoms with E-state index >= 15 is 0 Å². The number of halogens is 1.